The molecule has 0 radical (unpaired) electrons. The summed E-state index contributed by atoms with van der Waals surface area (Å²) in [5.74, 6) is 1.01. The first-order valence-electron chi connectivity index (χ1n) is 6.71. The van der Waals surface area contributed by atoms with E-state index in [1.807, 2.05) is 30.5 Å². The summed E-state index contributed by atoms with van der Waals surface area (Å²) in [7, 11) is 0. The van der Waals surface area contributed by atoms with Crippen molar-refractivity contribution in [2.75, 3.05) is 17.6 Å². The Kier molecular flexibility index (Phi) is 3.05. The van der Waals surface area contributed by atoms with Gasteiger partial charge in [0.05, 0.1) is 11.2 Å². The molecule has 0 bridgehead atoms. The van der Waals surface area contributed by atoms with Gasteiger partial charge in [0.15, 0.2) is 0 Å². The van der Waals surface area contributed by atoms with E-state index in [1.54, 1.807) is 0 Å². The Morgan fingerprint density at radius 1 is 1.28 bits per heavy atom. The van der Waals surface area contributed by atoms with E-state index in [0.717, 1.165) is 34.7 Å². The van der Waals surface area contributed by atoms with E-state index in [4.69, 9.17) is 5.73 Å². The molecular formula is C15H19N3. The number of rotatable bonds is 5. The molecule has 0 aliphatic heterocycles. The molecule has 3 nitrogen and oxygen atoms in total. The fraction of sp³-hybridized carbons (Fsp3) is 0.400. The zero-order chi connectivity index (χ0) is 12.4. The van der Waals surface area contributed by atoms with E-state index in [9.17, 15) is 0 Å². The van der Waals surface area contributed by atoms with Crippen LogP contribution >= 0.6 is 0 Å². The van der Waals surface area contributed by atoms with Crippen LogP contribution in [0.3, 0.4) is 0 Å². The lowest BCUT2D eigenvalue weighted by molar-refractivity contribution is 0.687. The monoisotopic (exact) mass is 241 g/mol. The van der Waals surface area contributed by atoms with Crippen molar-refractivity contribution in [3.8, 4) is 0 Å². The third-order valence-electron chi connectivity index (χ3n) is 3.60. The average Bonchev–Trinajstić information content (AvgIpc) is 3.21. The average molecular weight is 241 g/mol. The molecule has 18 heavy (non-hydrogen) atoms. The molecular weight excluding hydrogens is 222 g/mol. The van der Waals surface area contributed by atoms with Crippen LogP contribution in [0.25, 0.3) is 10.9 Å². The zero-order valence-corrected chi connectivity index (χ0v) is 10.5. The molecule has 3 rings (SSSR count). The maximum Gasteiger partial charge on any atom is 0.0953 e. The molecule has 94 valence electrons. The Morgan fingerprint density at radius 3 is 3.00 bits per heavy atom. The molecule has 0 atom stereocenters. The third kappa shape index (κ3) is 2.40. The fourth-order valence-corrected chi connectivity index (χ4v) is 2.36. The molecule has 1 aromatic heterocycles. The minimum Gasteiger partial charge on any atom is -0.398 e. The minimum absolute atomic E-state index is 0.793. The molecule has 1 heterocycles. The molecule has 2 aromatic rings. The topological polar surface area (TPSA) is 50.9 Å². The van der Waals surface area contributed by atoms with Crippen molar-refractivity contribution < 1.29 is 0 Å². The number of aromatic nitrogens is 1. The van der Waals surface area contributed by atoms with Gasteiger partial charge >= 0.3 is 0 Å². The van der Waals surface area contributed by atoms with Gasteiger partial charge in [0, 0.05) is 23.8 Å². The highest BCUT2D eigenvalue weighted by molar-refractivity contribution is 5.98. The Bertz CT molecular complexity index is 546. The Morgan fingerprint density at radius 2 is 2.17 bits per heavy atom. The standard InChI is InChI=1S/C15H19N3/c16-13-7-8-14(15-12(13)4-2-10-18-15)17-9-1-3-11-5-6-11/h2,4,7-8,10-11,17H,1,3,5-6,9,16H2. The summed E-state index contributed by atoms with van der Waals surface area (Å²) < 4.78 is 0. The molecule has 0 amide bonds. The van der Waals surface area contributed by atoms with Gasteiger partial charge in [-0.25, -0.2) is 0 Å². The molecule has 1 aliphatic rings. The van der Waals surface area contributed by atoms with Gasteiger partial charge in [-0.05, 0) is 43.0 Å². The van der Waals surface area contributed by atoms with Gasteiger partial charge in [0.1, 0.15) is 0 Å². The summed E-state index contributed by atoms with van der Waals surface area (Å²) in [6, 6.07) is 7.93. The van der Waals surface area contributed by atoms with E-state index in [1.165, 1.54) is 25.7 Å². The number of nitrogens with zero attached hydrogens (tertiary/aromatic N) is 1. The first-order chi connectivity index (χ1) is 8.84. The predicted molar refractivity (Wildman–Crippen MR) is 76.6 cm³/mol. The Labute approximate surface area is 107 Å². The predicted octanol–water partition coefficient (Wildman–Crippen LogP) is 3.42. The van der Waals surface area contributed by atoms with Crippen LogP contribution in [0.4, 0.5) is 11.4 Å². The van der Waals surface area contributed by atoms with Crippen molar-refractivity contribution in [1.82, 2.24) is 4.98 Å². The number of pyridine rings is 1. The molecule has 0 saturated heterocycles. The lowest BCUT2D eigenvalue weighted by atomic mass is 10.1. The number of hydrogen-bond acceptors (Lipinski definition) is 3. The van der Waals surface area contributed by atoms with Gasteiger partial charge in [0.2, 0.25) is 0 Å². The quantitative estimate of drug-likeness (QED) is 0.623. The maximum absolute atomic E-state index is 5.96. The lowest BCUT2D eigenvalue weighted by Gasteiger charge is -2.10. The first-order valence-corrected chi connectivity index (χ1v) is 6.71. The van der Waals surface area contributed by atoms with Crippen molar-refractivity contribution in [3.05, 3.63) is 30.5 Å². The number of nitrogens with two attached hydrogens (primary N) is 1. The highest BCUT2D eigenvalue weighted by atomic mass is 14.9. The fourth-order valence-electron chi connectivity index (χ4n) is 2.36. The summed E-state index contributed by atoms with van der Waals surface area (Å²) in [6.45, 7) is 1.02. The van der Waals surface area contributed by atoms with Gasteiger partial charge in [-0.3, -0.25) is 4.98 Å². The number of anilines is 2. The van der Waals surface area contributed by atoms with Crippen LogP contribution < -0.4 is 11.1 Å². The zero-order valence-electron chi connectivity index (χ0n) is 10.5. The van der Waals surface area contributed by atoms with Gasteiger partial charge in [-0.2, -0.15) is 0 Å². The number of benzene rings is 1. The van der Waals surface area contributed by atoms with Crippen LogP contribution in [0, 0.1) is 5.92 Å². The second-order valence-electron chi connectivity index (χ2n) is 5.11. The van der Waals surface area contributed by atoms with Gasteiger partial charge in [-0.15, -0.1) is 0 Å². The Balaban J connectivity index is 1.72. The molecule has 3 N–H and O–H groups in total. The molecule has 0 spiro atoms. The minimum atomic E-state index is 0.793. The molecule has 1 aliphatic carbocycles. The largest absolute Gasteiger partial charge is 0.398 e. The second-order valence-corrected chi connectivity index (χ2v) is 5.11. The highest BCUT2D eigenvalue weighted by Gasteiger charge is 2.19. The normalized spacial score (nSPS) is 14.9. The second kappa shape index (κ2) is 4.84. The maximum atomic E-state index is 5.96. The number of nitrogen functional groups attached to an aromatic ring is 1. The van der Waals surface area contributed by atoms with Crippen molar-refractivity contribution in [2.45, 2.75) is 25.7 Å². The SMILES string of the molecule is Nc1ccc(NCCCC2CC2)c2ncccc12. The number of fused-ring (bicyclic) bond motifs is 1. The van der Waals surface area contributed by atoms with E-state index >= 15 is 0 Å². The molecule has 1 fully saturated rings. The molecule has 1 aromatic carbocycles. The van der Waals surface area contributed by atoms with E-state index < -0.39 is 0 Å². The van der Waals surface area contributed by atoms with Crippen molar-refractivity contribution in [2.24, 2.45) is 5.92 Å². The summed E-state index contributed by atoms with van der Waals surface area (Å²) >= 11 is 0. The molecule has 1 saturated carbocycles. The molecule has 0 unspecified atom stereocenters. The number of hydrogen-bond donors (Lipinski definition) is 2. The van der Waals surface area contributed by atoms with Gasteiger partial charge in [-0.1, -0.05) is 12.8 Å². The van der Waals surface area contributed by atoms with Crippen LogP contribution in [0.5, 0.6) is 0 Å². The number of nitrogens with one attached hydrogen (secondary N) is 1. The summed E-state index contributed by atoms with van der Waals surface area (Å²) in [4.78, 5) is 4.43. The lowest BCUT2D eigenvalue weighted by Crippen LogP contribution is -2.03. The summed E-state index contributed by atoms with van der Waals surface area (Å²) in [6.07, 6.45) is 7.28. The van der Waals surface area contributed by atoms with Crippen LogP contribution in [-0.4, -0.2) is 11.5 Å². The van der Waals surface area contributed by atoms with E-state index in [2.05, 4.69) is 10.3 Å². The Hall–Kier alpha value is -1.77. The van der Waals surface area contributed by atoms with Crippen molar-refractivity contribution in [3.63, 3.8) is 0 Å². The van der Waals surface area contributed by atoms with Crippen LogP contribution in [0.15, 0.2) is 30.5 Å². The molecule has 3 heteroatoms. The summed E-state index contributed by atoms with van der Waals surface area (Å²) in [5.41, 5.74) is 8.82. The van der Waals surface area contributed by atoms with Gasteiger partial charge in [0.25, 0.3) is 0 Å². The van der Waals surface area contributed by atoms with Crippen molar-refractivity contribution in [1.29, 1.82) is 0 Å². The van der Waals surface area contributed by atoms with E-state index in [-0.39, 0.29) is 0 Å². The van der Waals surface area contributed by atoms with Crippen LogP contribution in [0.1, 0.15) is 25.7 Å². The highest BCUT2D eigenvalue weighted by Crippen LogP contribution is 2.33. The smallest absolute Gasteiger partial charge is 0.0953 e. The van der Waals surface area contributed by atoms with Crippen molar-refractivity contribution >= 4 is 22.3 Å². The summed E-state index contributed by atoms with van der Waals surface area (Å²) in [5, 5.41) is 4.51. The van der Waals surface area contributed by atoms with E-state index in [0.29, 0.717) is 0 Å². The van der Waals surface area contributed by atoms with Gasteiger partial charge < -0.3 is 11.1 Å². The first kappa shape index (κ1) is 11.3. The van der Waals surface area contributed by atoms with Crippen LogP contribution in [-0.2, 0) is 0 Å². The van der Waals surface area contributed by atoms with Crippen LogP contribution in [0.2, 0.25) is 0 Å². The third-order valence-corrected chi connectivity index (χ3v) is 3.60.